The van der Waals surface area contributed by atoms with Crippen LogP contribution in [-0.4, -0.2) is 41.7 Å². The summed E-state index contributed by atoms with van der Waals surface area (Å²) in [5.41, 5.74) is 0. The summed E-state index contributed by atoms with van der Waals surface area (Å²) in [5.74, 6) is 0.534. The summed E-state index contributed by atoms with van der Waals surface area (Å²) in [6, 6.07) is 3.60. The molecule has 126 valence electrons. The van der Waals surface area contributed by atoms with E-state index in [9.17, 15) is 9.18 Å². The van der Waals surface area contributed by atoms with Crippen molar-refractivity contribution in [2.24, 2.45) is 11.8 Å². The first-order valence-electron chi connectivity index (χ1n) is 7.85. The van der Waals surface area contributed by atoms with Crippen molar-refractivity contribution >= 4 is 11.9 Å². The summed E-state index contributed by atoms with van der Waals surface area (Å²) in [5, 5.41) is 2.89. The number of carbonyl (C=O) groups excluding carboxylic acids is 1. The summed E-state index contributed by atoms with van der Waals surface area (Å²) in [6.07, 6.45) is 3.83. The fraction of sp³-hybridized carbons (Fsp3) is 0.438. The minimum atomic E-state index is -0.468. The van der Waals surface area contributed by atoms with Crippen molar-refractivity contribution in [2.45, 2.75) is 12.6 Å². The number of rotatable bonds is 4. The van der Waals surface area contributed by atoms with Crippen molar-refractivity contribution in [1.29, 1.82) is 0 Å². The van der Waals surface area contributed by atoms with Crippen molar-refractivity contribution in [2.75, 3.05) is 24.6 Å². The molecule has 2 aromatic rings. The SMILES string of the molecule is O=C(NCc1ccco1)[C@@H]1CO[C@H]2CN(c3ncc(F)cn3)C[C@H]21. The zero-order valence-corrected chi connectivity index (χ0v) is 12.9. The van der Waals surface area contributed by atoms with Gasteiger partial charge in [0.05, 0.1) is 43.8 Å². The lowest BCUT2D eigenvalue weighted by molar-refractivity contribution is -0.126. The molecule has 1 amide bonds. The average molecular weight is 332 g/mol. The predicted octanol–water partition coefficient (Wildman–Crippen LogP) is 0.976. The fourth-order valence-corrected chi connectivity index (χ4v) is 3.33. The Morgan fingerprint density at radius 3 is 2.96 bits per heavy atom. The highest BCUT2D eigenvalue weighted by molar-refractivity contribution is 5.79. The van der Waals surface area contributed by atoms with Crippen LogP contribution in [0.2, 0.25) is 0 Å². The van der Waals surface area contributed by atoms with E-state index in [1.807, 2.05) is 11.0 Å². The zero-order valence-electron chi connectivity index (χ0n) is 12.9. The summed E-state index contributed by atoms with van der Waals surface area (Å²) in [4.78, 5) is 22.4. The van der Waals surface area contributed by atoms with Crippen LogP contribution in [0.25, 0.3) is 0 Å². The number of nitrogens with one attached hydrogen (secondary N) is 1. The first-order valence-corrected chi connectivity index (χ1v) is 7.85. The third kappa shape index (κ3) is 2.84. The molecule has 7 nitrogen and oxygen atoms in total. The molecule has 4 heterocycles. The van der Waals surface area contributed by atoms with Crippen LogP contribution in [0.15, 0.2) is 35.2 Å². The Morgan fingerprint density at radius 2 is 2.21 bits per heavy atom. The predicted molar refractivity (Wildman–Crippen MR) is 81.5 cm³/mol. The molecule has 2 aliphatic rings. The number of carbonyl (C=O) groups is 1. The van der Waals surface area contributed by atoms with Gasteiger partial charge in [0.1, 0.15) is 5.76 Å². The van der Waals surface area contributed by atoms with Crippen LogP contribution < -0.4 is 10.2 Å². The zero-order chi connectivity index (χ0) is 16.5. The Kier molecular flexibility index (Phi) is 3.89. The van der Waals surface area contributed by atoms with Crippen LogP contribution in [0.5, 0.6) is 0 Å². The molecule has 0 aromatic carbocycles. The van der Waals surface area contributed by atoms with Gasteiger partial charge in [-0.15, -0.1) is 0 Å². The average Bonchev–Trinajstić information content (AvgIpc) is 3.30. The van der Waals surface area contributed by atoms with Crippen LogP contribution >= 0.6 is 0 Å². The number of ether oxygens (including phenoxy) is 1. The molecule has 24 heavy (non-hydrogen) atoms. The monoisotopic (exact) mass is 332 g/mol. The number of hydrogen-bond acceptors (Lipinski definition) is 6. The molecule has 0 aliphatic carbocycles. The van der Waals surface area contributed by atoms with Gasteiger partial charge in [0.25, 0.3) is 0 Å². The number of halogens is 1. The Morgan fingerprint density at radius 1 is 1.38 bits per heavy atom. The maximum atomic E-state index is 12.9. The topological polar surface area (TPSA) is 80.5 Å². The Balaban J connectivity index is 1.38. The van der Waals surface area contributed by atoms with Crippen molar-refractivity contribution < 1.29 is 18.3 Å². The van der Waals surface area contributed by atoms with Crippen molar-refractivity contribution in [3.63, 3.8) is 0 Å². The molecule has 0 spiro atoms. The Labute approximate surface area is 137 Å². The van der Waals surface area contributed by atoms with E-state index in [4.69, 9.17) is 9.15 Å². The van der Waals surface area contributed by atoms with Gasteiger partial charge < -0.3 is 19.4 Å². The van der Waals surface area contributed by atoms with Gasteiger partial charge in [-0.25, -0.2) is 14.4 Å². The Hall–Kier alpha value is -2.48. The maximum absolute atomic E-state index is 12.9. The van der Waals surface area contributed by atoms with Gasteiger partial charge in [0, 0.05) is 19.0 Å². The second kappa shape index (κ2) is 6.20. The van der Waals surface area contributed by atoms with Gasteiger partial charge >= 0.3 is 0 Å². The number of fused-ring (bicyclic) bond motifs is 1. The Bertz CT molecular complexity index is 707. The normalized spacial score (nSPS) is 25.7. The van der Waals surface area contributed by atoms with Crippen molar-refractivity contribution in [3.05, 3.63) is 42.4 Å². The maximum Gasteiger partial charge on any atom is 0.226 e. The number of nitrogens with zero attached hydrogens (tertiary/aromatic N) is 3. The van der Waals surface area contributed by atoms with Crippen LogP contribution in [0.1, 0.15) is 5.76 Å². The smallest absolute Gasteiger partial charge is 0.226 e. The van der Waals surface area contributed by atoms with E-state index in [-0.39, 0.29) is 23.8 Å². The van der Waals surface area contributed by atoms with E-state index >= 15 is 0 Å². The second-order valence-electron chi connectivity index (χ2n) is 6.05. The van der Waals surface area contributed by atoms with E-state index in [1.54, 1.807) is 12.3 Å². The molecule has 8 heteroatoms. The van der Waals surface area contributed by atoms with E-state index in [2.05, 4.69) is 15.3 Å². The highest BCUT2D eigenvalue weighted by Crippen LogP contribution is 2.35. The third-order valence-electron chi connectivity index (χ3n) is 4.56. The summed E-state index contributed by atoms with van der Waals surface area (Å²) >= 11 is 0. The molecule has 0 radical (unpaired) electrons. The minimum absolute atomic E-state index is 0.0296. The highest BCUT2D eigenvalue weighted by Gasteiger charge is 2.47. The minimum Gasteiger partial charge on any atom is -0.467 e. The standard InChI is InChI=1S/C16H17FN4O3/c17-10-4-19-16(20-5-10)21-7-12-13(9-24-14(12)8-21)15(22)18-6-11-2-1-3-23-11/h1-5,12-14H,6-9H2,(H,18,22)/t12-,13+,14-/m0/s1. The van der Waals surface area contributed by atoms with E-state index in [0.717, 1.165) is 12.4 Å². The van der Waals surface area contributed by atoms with Crippen LogP contribution in [0.3, 0.4) is 0 Å². The van der Waals surface area contributed by atoms with Crippen LogP contribution in [0.4, 0.5) is 10.3 Å². The molecule has 2 fully saturated rings. The van der Waals surface area contributed by atoms with Crippen LogP contribution in [-0.2, 0) is 16.1 Å². The first kappa shape index (κ1) is 15.1. The number of aromatic nitrogens is 2. The molecule has 4 rings (SSSR count). The molecular weight excluding hydrogens is 315 g/mol. The molecule has 1 N–H and O–H groups in total. The first-order chi connectivity index (χ1) is 11.7. The molecular formula is C16H17FN4O3. The third-order valence-corrected chi connectivity index (χ3v) is 4.56. The van der Waals surface area contributed by atoms with Crippen molar-refractivity contribution in [3.8, 4) is 0 Å². The van der Waals surface area contributed by atoms with E-state index in [0.29, 0.717) is 37.9 Å². The highest BCUT2D eigenvalue weighted by atomic mass is 19.1. The number of furan rings is 1. The van der Waals surface area contributed by atoms with Gasteiger partial charge in [0.15, 0.2) is 5.82 Å². The fourth-order valence-electron chi connectivity index (χ4n) is 3.33. The lowest BCUT2D eigenvalue weighted by Crippen LogP contribution is -2.36. The molecule has 3 atom stereocenters. The van der Waals surface area contributed by atoms with Gasteiger partial charge in [-0.3, -0.25) is 4.79 Å². The molecule has 0 unspecified atom stereocenters. The molecule has 0 bridgehead atoms. The number of anilines is 1. The van der Waals surface area contributed by atoms with E-state index in [1.165, 1.54) is 0 Å². The number of hydrogen-bond donors (Lipinski definition) is 1. The summed E-state index contributed by atoms with van der Waals surface area (Å²) in [6.45, 7) is 2.01. The quantitative estimate of drug-likeness (QED) is 0.899. The lowest BCUT2D eigenvalue weighted by atomic mass is 9.92. The summed E-state index contributed by atoms with van der Waals surface area (Å²) < 4.78 is 23.9. The van der Waals surface area contributed by atoms with Gasteiger partial charge in [0.2, 0.25) is 11.9 Å². The summed E-state index contributed by atoms with van der Waals surface area (Å²) in [7, 11) is 0. The molecule has 2 aromatic heterocycles. The molecule has 2 saturated heterocycles. The number of amides is 1. The van der Waals surface area contributed by atoms with Gasteiger partial charge in [-0.2, -0.15) is 0 Å². The van der Waals surface area contributed by atoms with Gasteiger partial charge in [-0.1, -0.05) is 0 Å². The molecule has 0 saturated carbocycles. The second-order valence-corrected chi connectivity index (χ2v) is 6.05. The van der Waals surface area contributed by atoms with Crippen LogP contribution in [0, 0.1) is 17.7 Å². The van der Waals surface area contributed by atoms with Gasteiger partial charge in [-0.05, 0) is 12.1 Å². The lowest BCUT2D eigenvalue weighted by Gasteiger charge is -2.19. The largest absolute Gasteiger partial charge is 0.467 e. The van der Waals surface area contributed by atoms with E-state index < -0.39 is 5.82 Å². The molecule has 2 aliphatic heterocycles. The van der Waals surface area contributed by atoms with Crippen molar-refractivity contribution in [1.82, 2.24) is 15.3 Å².